The number of guanidine groups is 1. The van der Waals surface area contributed by atoms with Crippen LogP contribution in [0.15, 0.2) is 35.3 Å². The predicted octanol–water partition coefficient (Wildman–Crippen LogP) is 1.77. The van der Waals surface area contributed by atoms with E-state index in [4.69, 9.17) is 0 Å². The monoisotopic (exact) mass is 290 g/mol. The average Bonchev–Trinajstić information content (AvgIpc) is 2.47. The summed E-state index contributed by atoms with van der Waals surface area (Å²) in [6.45, 7) is 8.33. The number of nitrogens with one attached hydrogen (secondary N) is 3. The number of benzene rings is 1. The van der Waals surface area contributed by atoms with Crippen molar-refractivity contribution < 1.29 is 4.79 Å². The topological polar surface area (TPSA) is 65.5 Å². The Morgan fingerprint density at radius 3 is 2.52 bits per heavy atom. The van der Waals surface area contributed by atoms with Crippen molar-refractivity contribution in [1.82, 2.24) is 16.0 Å². The van der Waals surface area contributed by atoms with E-state index >= 15 is 0 Å². The Kier molecular flexibility index (Phi) is 7.94. The van der Waals surface area contributed by atoms with Gasteiger partial charge in [0.1, 0.15) is 0 Å². The maximum atomic E-state index is 11.8. The second-order valence-corrected chi connectivity index (χ2v) is 5.04. The normalized spacial score (nSPS) is 11.3. The first-order valence-corrected chi connectivity index (χ1v) is 7.51. The van der Waals surface area contributed by atoms with E-state index in [9.17, 15) is 4.79 Å². The van der Waals surface area contributed by atoms with Crippen LogP contribution in [0.5, 0.6) is 0 Å². The zero-order chi connectivity index (χ0) is 15.5. The van der Waals surface area contributed by atoms with Crippen LogP contribution in [-0.2, 0) is 0 Å². The fourth-order valence-corrected chi connectivity index (χ4v) is 1.76. The molecule has 5 nitrogen and oxygen atoms in total. The van der Waals surface area contributed by atoms with E-state index in [1.807, 2.05) is 37.3 Å². The molecule has 0 radical (unpaired) electrons. The summed E-state index contributed by atoms with van der Waals surface area (Å²) in [5.74, 6) is 0.786. The van der Waals surface area contributed by atoms with Crippen molar-refractivity contribution >= 4 is 11.9 Å². The molecule has 0 heterocycles. The molecule has 21 heavy (non-hydrogen) atoms. The van der Waals surface area contributed by atoms with Crippen molar-refractivity contribution in [3.63, 3.8) is 0 Å². The van der Waals surface area contributed by atoms with Crippen molar-refractivity contribution in [2.75, 3.05) is 19.6 Å². The summed E-state index contributed by atoms with van der Waals surface area (Å²) in [6, 6.07) is 9.58. The maximum Gasteiger partial charge on any atom is 0.251 e. The molecule has 3 N–H and O–H groups in total. The Bertz CT molecular complexity index is 443. The molecule has 0 saturated carbocycles. The van der Waals surface area contributed by atoms with E-state index in [0.29, 0.717) is 24.7 Å². The van der Waals surface area contributed by atoms with Crippen molar-refractivity contribution in [2.45, 2.75) is 33.2 Å². The van der Waals surface area contributed by atoms with Crippen LogP contribution in [0.1, 0.15) is 37.6 Å². The lowest BCUT2D eigenvalue weighted by atomic mass is 10.2. The van der Waals surface area contributed by atoms with Gasteiger partial charge in [-0.1, -0.05) is 18.2 Å². The van der Waals surface area contributed by atoms with Gasteiger partial charge in [-0.05, 0) is 39.3 Å². The van der Waals surface area contributed by atoms with E-state index < -0.39 is 0 Å². The molecule has 1 aromatic carbocycles. The zero-order valence-electron chi connectivity index (χ0n) is 13.1. The van der Waals surface area contributed by atoms with Crippen molar-refractivity contribution in [2.24, 2.45) is 4.99 Å². The summed E-state index contributed by atoms with van der Waals surface area (Å²) < 4.78 is 0. The molecule has 0 fully saturated rings. The van der Waals surface area contributed by atoms with Crippen LogP contribution < -0.4 is 16.0 Å². The molecule has 0 spiro atoms. The fraction of sp³-hybridized carbons (Fsp3) is 0.500. The zero-order valence-corrected chi connectivity index (χ0v) is 13.1. The molecule has 0 bridgehead atoms. The van der Waals surface area contributed by atoms with Crippen LogP contribution in [0.4, 0.5) is 0 Å². The minimum atomic E-state index is -0.0354. The van der Waals surface area contributed by atoms with Gasteiger partial charge in [0.25, 0.3) is 5.91 Å². The number of hydrogen-bond donors (Lipinski definition) is 3. The molecule has 0 unspecified atom stereocenters. The summed E-state index contributed by atoms with van der Waals surface area (Å²) in [5, 5.41) is 9.35. The van der Waals surface area contributed by atoms with Gasteiger partial charge in [0.15, 0.2) is 5.96 Å². The van der Waals surface area contributed by atoms with Gasteiger partial charge in [-0.3, -0.25) is 9.79 Å². The van der Waals surface area contributed by atoms with Crippen molar-refractivity contribution in [1.29, 1.82) is 0 Å². The molecule has 1 amide bonds. The van der Waals surface area contributed by atoms with Gasteiger partial charge in [0, 0.05) is 31.2 Å². The minimum absolute atomic E-state index is 0.0354. The molecule has 1 aromatic rings. The fourth-order valence-electron chi connectivity index (χ4n) is 1.76. The summed E-state index contributed by atoms with van der Waals surface area (Å²) in [4.78, 5) is 16.3. The van der Waals surface area contributed by atoms with E-state index in [2.05, 4.69) is 34.8 Å². The highest BCUT2D eigenvalue weighted by Gasteiger charge is 2.03. The number of carbonyl (C=O) groups excluding carboxylic acids is 1. The Balaban J connectivity index is 2.28. The SMILES string of the molecule is CCNC(=NCCCNC(=O)c1ccccc1)NC(C)C. The number of rotatable bonds is 7. The van der Waals surface area contributed by atoms with Crippen LogP contribution in [0.3, 0.4) is 0 Å². The third-order valence-electron chi connectivity index (χ3n) is 2.70. The Hall–Kier alpha value is -2.04. The third-order valence-corrected chi connectivity index (χ3v) is 2.70. The second-order valence-electron chi connectivity index (χ2n) is 5.04. The smallest absolute Gasteiger partial charge is 0.251 e. The number of amides is 1. The standard InChI is InChI=1S/C16H26N4O/c1-4-17-16(20-13(2)3)19-12-8-11-18-15(21)14-9-6-5-7-10-14/h5-7,9-10,13H,4,8,11-12H2,1-3H3,(H,18,21)(H2,17,19,20). The molecule has 0 aliphatic carbocycles. The first-order chi connectivity index (χ1) is 10.1. The molecular formula is C16H26N4O. The Labute approximate surface area is 127 Å². The van der Waals surface area contributed by atoms with E-state index in [0.717, 1.165) is 18.9 Å². The molecular weight excluding hydrogens is 264 g/mol. The molecule has 0 saturated heterocycles. The van der Waals surface area contributed by atoms with E-state index in [1.54, 1.807) is 0 Å². The molecule has 5 heteroatoms. The minimum Gasteiger partial charge on any atom is -0.357 e. The van der Waals surface area contributed by atoms with E-state index in [1.165, 1.54) is 0 Å². The van der Waals surface area contributed by atoms with Gasteiger partial charge >= 0.3 is 0 Å². The molecule has 0 aromatic heterocycles. The van der Waals surface area contributed by atoms with Gasteiger partial charge in [0.2, 0.25) is 0 Å². The Morgan fingerprint density at radius 1 is 1.19 bits per heavy atom. The lowest BCUT2D eigenvalue weighted by molar-refractivity contribution is 0.0953. The predicted molar refractivity (Wildman–Crippen MR) is 87.6 cm³/mol. The van der Waals surface area contributed by atoms with Gasteiger partial charge < -0.3 is 16.0 Å². The highest BCUT2D eigenvalue weighted by molar-refractivity contribution is 5.94. The lowest BCUT2D eigenvalue weighted by Gasteiger charge is -2.13. The number of aliphatic imine (C=N–C) groups is 1. The van der Waals surface area contributed by atoms with Gasteiger partial charge in [-0.25, -0.2) is 0 Å². The lowest BCUT2D eigenvalue weighted by Crippen LogP contribution is -2.41. The summed E-state index contributed by atoms with van der Waals surface area (Å²) in [6.07, 6.45) is 0.813. The highest BCUT2D eigenvalue weighted by atomic mass is 16.1. The van der Waals surface area contributed by atoms with Gasteiger partial charge in [0.05, 0.1) is 0 Å². The average molecular weight is 290 g/mol. The summed E-state index contributed by atoms with van der Waals surface area (Å²) in [5.41, 5.74) is 0.691. The molecule has 0 aliphatic rings. The quantitative estimate of drug-likeness (QED) is 0.407. The summed E-state index contributed by atoms with van der Waals surface area (Å²) in [7, 11) is 0. The Morgan fingerprint density at radius 2 is 1.90 bits per heavy atom. The summed E-state index contributed by atoms with van der Waals surface area (Å²) >= 11 is 0. The first-order valence-electron chi connectivity index (χ1n) is 7.51. The number of carbonyl (C=O) groups is 1. The highest BCUT2D eigenvalue weighted by Crippen LogP contribution is 1.97. The molecule has 116 valence electrons. The first kappa shape index (κ1) is 17.0. The third kappa shape index (κ3) is 7.34. The van der Waals surface area contributed by atoms with Crippen LogP contribution in [0, 0.1) is 0 Å². The number of nitrogens with zero attached hydrogens (tertiary/aromatic N) is 1. The van der Waals surface area contributed by atoms with Crippen LogP contribution in [0.2, 0.25) is 0 Å². The van der Waals surface area contributed by atoms with Crippen molar-refractivity contribution in [3.05, 3.63) is 35.9 Å². The maximum absolute atomic E-state index is 11.8. The van der Waals surface area contributed by atoms with Crippen LogP contribution >= 0.6 is 0 Å². The van der Waals surface area contributed by atoms with Gasteiger partial charge in [-0.15, -0.1) is 0 Å². The largest absolute Gasteiger partial charge is 0.357 e. The van der Waals surface area contributed by atoms with Crippen LogP contribution in [0.25, 0.3) is 0 Å². The molecule has 0 atom stereocenters. The number of hydrogen-bond acceptors (Lipinski definition) is 2. The van der Waals surface area contributed by atoms with Crippen molar-refractivity contribution in [3.8, 4) is 0 Å². The van der Waals surface area contributed by atoms with E-state index in [-0.39, 0.29) is 5.91 Å². The molecule has 1 rings (SSSR count). The van der Waals surface area contributed by atoms with Gasteiger partial charge in [-0.2, -0.15) is 0 Å². The second kappa shape index (κ2) is 9.80. The molecule has 0 aliphatic heterocycles. The van der Waals surface area contributed by atoms with Crippen LogP contribution in [-0.4, -0.2) is 37.5 Å².